The van der Waals surface area contributed by atoms with Gasteiger partial charge in [0.2, 0.25) is 0 Å². The van der Waals surface area contributed by atoms with Crippen LogP contribution in [0.15, 0.2) is 0 Å². The van der Waals surface area contributed by atoms with Gasteiger partial charge in [-0.15, -0.1) is 0 Å². The van der Waals surface area contributed by atoms with Crippen LogP contribution in [0.1, 0.15) is 66.7 Å². The third kappa shape index (κ3) is 3.46. The zero-order valence-electron chi connectivity index (χ0n) is 13.7. The summed E-state index contributed by atoms with van der Waals surface area (Å²) in [6.45, 7) is 11.0. The van der Waals surface area contributed by atoms with Crippen molar-refractivity contribution in [3.63, 3.8) is 0 Å². The van der Waals surface area contributed by atoms with E-state index in [-0.39, 0.29) is 11.6 Å². The minimum Gasteiger partial charge on any atom is -0.444 e. The molecule has 1 heterocycles. The molecule has 1 saturated carbocycles. The van der Waals surface area contributed by atoms with Gasteiger partial charge in [0.15, 0.2) is 0 Å². The van der Waals surface area contributed by atoms with Gasteiger partial charge in [0, 0.05) is 24.2 Å². The lowest BCUT2D eigenvalue weighted by Crippen LogP contribution is -2.63. The molecule has 1 spiro atoms. The van der Waals surface area contributed by atoms with E-state index in [1.165, 1.54) is 6.42 Å². The highest BCUT2D eigenvalue weighted by molar-refractivity contribution is 5.69. The van der Waals surface area contributed by atoms with E-state index < -0.39 is 5.60 Å². The Bertz CT molecular complexity index is 356. The highest BCUT2D eigenvalue weighted by atomic mass is 16.6. The number of rotatable bonds is 2. The number of carbonyl (C=O) groups excluding carboxylic acids is 1. The summed E-state index contributed by atoms with van der Waals surface area (Å²) in [5.41, 5.74) is -0.345. The van der Waals surface area contributed by atoms with Crippen molar-refractivity contribution in [1.82, 2.24) is 10.2 Å². The van der Waals surface area contributed by atoms with E-state index in [4.69, 9.17) is 4.74 Å². The standard InChI is InChI=1S/C16H30N2O2/c1-12(2)17-13-7-10-18(14(19)20-15(3,4)5)16(11-13)8-6-9-16/h12-13,17H,6-11H2,1-5H3. The van der Waals surface area contributed by atoms with Crippen LogP contribution in [0.5, 0.6) is 0 Å². The molecule has 0 bridgehead atoms. The molecule has 1 unspecified atom stereocenters. The first-order valence-electron chi connectivity index (χ1n) is 7.99. The number of likely N-dealkylation sites (tertiary alicyclic amines) is 1. The molecule has 1 aliphatic carbocycles. The van der Waals surface area contributed by atoms with Crippen LogP contribution in [-0.4, -0.2) is 40.8 Å². The molecule has 1 amide bonds. The summed E-state index contributed by atoms with van der Waals surface area (Å²) < 4.78 is 5.59. The Morgan fingerprint density at radius 2 is 2.00 bits per heavy atom. The maximum Gasteiger partial charge on any atom is 0.410 e. The van der Waals surface area contributed by atoms with Crippen LogP contribution in [0.25, 0.3) is 0 Å². The largest absolute Gasteiger partial charge is 0.444 e. The molecule has 0 radical (unpaired) electrons. The first kappa shape index (κ1) is 15.6. The minimum atomic E-state index is -0.408. The molecule has 4 nitrogen and oxygen atoms in total. The highest BCUT2D eigenvalue weighted by Gasteiger charge is 2.49. The lowest BCUT2D eigenvalue weighted by atomic mass is 9.69. The van der Waals surface area contributed by atoms with Gasteiger partial charge < -0.3 is 15.0 Å². The number of carbonyl (C=O) groups is 1. The summed E-state index contributed by atoms with van der Waals surface area (Å²) in [5, 5.41) is 3.63. The Morgan fingerprint density at radius 1 is 1.35 bits per heavy atom. The van der Waals surface area contributed by atoms with Crippen molar-refractivity contribution in [2.45, 2.75) is 89.9 Å². The first-order valence-corrected chi connectivity index (χ1v) is 7.99. The Morgan fingerprint density at radius 3 is 2.45 bits per heavy atom. The number of nitrogens with zero attached hydrogens (tertiary/aromatic N) is 1. The number of hydrogen-bond acceptors (Lipinski definition) is 3. The zero-order valence-corrected chi connectivity index (χ0v) is 13.7. The van der Waals surface area contributed by atoms with Crippen molar-refractivity contribution in [3.8, 4) is 0 Å². The molecule has 2 aliphatic rings. The van der Waals surface area contributed by atoms with Gasteiger partial charge in [-0.2, -0.15) is 0 Å². The average molecular weight is 282 g/mol. The van der Waals surface area contributed by atoms with Gasteiger partial charge in [-0.25, -0.2) is 4.79 Å². The maximum atomic E-state index is 12.4. The fourth-order valence-corrected chi connectivity index (χ4v) is 3.47. The molecule has 1 atom stereocenters. The molecule has 0 aromatic carbocycles. The quantitative estimate of drug-likeness (QED) is 0.845. The van der Waals surface area contributed by atoms with Crippen LogP contribution >= 0.6 is 0 Å². The SMILES string of the molecule is CC(C)NC1CCN(C(=O)OC(C)(C)C)C2(CCC2)C1. The van der Waals surface area contributed by atoms with Crippen LogP contribution in [0, 0.1) is 0 Å². The van der Waals surface area contributed by atoms with E-state index in [9.17, 15) is 4.79 Å². The van der Waals surface area contributed by atoms with Crippen molar-refractivity contribution >= 4 is 6.09 Å². The van der Waals surface area contributed by atoms with Crippen molar-refractivity contribution in [2.75, 3.05) is 6.54 Å². The summed E-state index contributed by atoms with van der Waals surface area (Å²) in [6, 6.07) is 1.04. The van der Waals surface area contributed by atoms with Crippen LogP contribution in [0.2, 0.25) is 0 Å². The first-order chi connectivity index (χ1) is 9.22. The van der Waals surface area contributed by atoms with Gasteiger partial charge in [-0.1, -0.05) is 13.8 Å². The molecule has 0 aromatic rings. The zero-order chi connectivity index (χ0) is 15.0. The van der Waals surface area contributed by atoms with Gasteiger partial charge in [-0.05, 0) is 52.9 Å². The van der Waals surface area contributed by atoms with Gasteiger partial charge in [0.05, 0.1) is 0 Å². The topological polar surface area (TPSA) is 41.6 Å². The molecule has 1 aliphatic heterocycles. The molecule has 1 N–H and O–H groups in total. The minimum absolute atomic E-state index is 0.0626. The summed E-state index contributed by atoms with van der Waals surface area (Å²) >= 11 is 0. The van der Waals surface area contributed by atoms with Crippen molar-refractivity contribution in [1.29, 1.82) is 0 Å². The summed E-state index contributed by atoms with van der Waals surface area (Å²) in [5.74, 6) is 0. The molecule has 0 aromatic heterocycles. The van der Waals surface area contributed by atoms with Gasteiger partial charge >= 0.3 is 6.09 Å². The predicted molar refractivity (Wildman–Crippen MR) is 80.8 cm³/mol. The summed E-state index contributed by atoms with van der Waals surface area (Å²) in [4.78, 5) is 14.4. The summed E-state index contributed by atoms with van der Waals surface area (Å²) in [7, 11) is 0. The van der Waals surface area contributed by atoms with E-state index in [0.717, 1.165) is 32.2 Å². The molecular weight excluding hydrogens is 252 g/mol. The fraction of sp³-hybridized carbons (Fsp3) is 0.938. The number of nitrogens with one attached hydrogen (secondary N) is 1. The van der Waals surface area contributed by atoms with Gasteiger partial charge in [0.1, 0.15) is 5.60 Å². The Labute approximate surface area is 123 Å². The third-order valence-corrected chi connectivity index (χ3v) is 4.37. The lowest BCUT2D eigenvalue weighted by Gasteiger charge is -2.55. The number of amides is 1. The smallest absolute Gasteiger partial charge is 0.410 e. The maximum absolute atomic E-state index is 12.4. The van der Waals surface area contributed by atoms with Crippen LogP contribution < -0.4 is 5.32 Å². The Hall–Kier alpha value is -0.770. The normalized spacial score (nSPS) is 25.7. The van der Waals surface area contributed by atoms with Gasteiger partial charge in [0.25, 0.3) is 0 Å². The molecule has 2 rings (SSSR count). The van der Waals surface area contributed by atoms with Crippen molar-refractivity contribution in [2.24, 2.45) is 0 Å². The molecule has 4 heteroatoms. The third-order valence-electron chi connectivity index (χ3n) is 4.37. The van der Waals surface area contributed by atoms with Crippen LogP contribution in [0.4, 0.5) is 4.79 Å². The number of piperidine rings is 1. The predicted octanol–water partition coefficient (Wildman–Crippen LogP) is 3.31. The van der Waals surface area contributed by atoms with E-state index in [1.54, 1.807) is 0 Å². The fourth-order valence-electron chi connectivity index (χ4n) is 3.47. The molecule has 20 heavy (non-hydrogen) atoms. The second-order valence-corrected chi connectivity index (χ2v) is 7.72. The van der Waals surface area contributed by atoms with E-state index in [2.05, 4.69) is 19.2 Å². The second-order valence-electron chi connectivity index (χ2n) is 7.72. The number of ether oxygens (including phenoxy) is 1. The van der Waals surface area contributed by atoms with Gasteiger partial charge in [-0.3, -0.25) is 0 Å². The second kappa shape index (κ2) is 5.55. The van der Waals surface area contributed by atoms with Crippen molar-refractivity contribution < 1.29 is 9.53 Å². The van der Waals surface area contributed by atoms with Crippen LogP contribution in [-0.2, 0) is 4.74 Å². The van der Waals surface area contributed by atoms with Crippen LogP contribution in [0.3, 0.4) is 0 Å². The lowest BCUT2D eigenvalue weighted by molar-refractivity contribution is -0.0498. The van der Waals surface area contributed by atoms with E-state index in [1.807, 2.05) is 25.7 Å². The van der Waals surface area contributed by atoms with Crippen molar-refractivity contribution in [3.05, 3.63) is 0 Å². The molecule has 2 fully saturated rings. The Kier molecular flexibility index (Phi) is 4.33. The van der Waals surface area contributed by atoms with E-state index in [0.29, 0.717) is 12.1 Å². The molecular formula is C16H30N2O2. The molecule has 116 valence electrons. The average Bonchev–Trinajstić information content (AvgIpc) is 2.23. The monoisotopic (exact) mass is 282 g/mol. The Balaban J connectivity index is 2.02. The molecule has 1 saturated heterocycles. The number of hydrogen-bond donors (Lipinski definition) is 1. The summed E-state index contributed by atoms with van der Waals surface area (Å²) in [6.07, 6.45) is 5.46. The van der Waals surface area contributed by atoms with E-state index >= 15 is 0 Å². The highest BCUT2D eigenvalue weighted by Crippen LogP contribution is 2.45.